The van der Waals surface area contributed by atoms with Gasteiger partial charge in [0.05, 0.1) is 28.3 Å². The second-order valence-electron chi connectivity index (χ2n) is 6.76. The average molecular weight is 413 g/mol. The first-order valence-electron chi connectivity index (χ1n) is 9.74. The molecule has 0 aliphatic rings. The van der Waals surface area contributed by atoms with Crippen LogP contribution in [0.1, 0.15) is 17.3 Å². The summed E-state index contributed by atoms with van der Waals surface area (Å²) in [5, 5.41) is 14.4. The van der Waals surface area contributed by atoms with Gasteiger partial charge in [-0.2, -0.15) is 0 Å². The highest BCUT2D eigenvalue weighted by molar-refractivity contribution is 6.13. The molecule has 4 rings (SSSR count). The monoisotopic (exact) mass is 413 g/mol. The molecule has 7 heteroatoms. The highest BCUT2D eigenvalue weighted by atomic mass is 16.6. The van der Waals surface area contributed by atoms with Gasteiger partial charge in [-0.25, -0.2) is 4.98 Å². The van der Waals surface area contributed by atoms with Gasteiger partial charge in [-0.05, 0) is 43.3 Å². The first-order chi connectivity index (χ1) is 15.1. The molecule has 0 unspecified atom stereocenters. The number of pyridine rings is 1. The predicted octanol–water partition coefficient (Wildman–Crippen LogP) is 5.46. The Balaban J connectivity index is 1.76. The number of nitrogens with zero attached hydrogens (tertiary/aromatic N) is 2. The van der Waals surface area contributed by atoms with E-state index in [0.29, 0.717) is 40.2 Å². The van der Waals surface area contributed by atoms with Crippen LogP contribution in [0.2, 0.25) is 0 Å². The van der Waals surface area contributed by atoms with E-state index in [4.69, 9.17) is 9.72 Å². The fraction of sp³-hybridized carbons (Fsp3) is 0.0833. The number of para-hydroxylation sites is 2. The zero-order chi connectivity index (χ0) is 21.8. The zero-order valence-corrected chi connectivity index (χ0v) is 16.7. The summed E-state index contributed by atoms with van der Waals surface area (Å²) in [6.45, 7) is 2.42. The van der Waals surface area contributed by atoms with Gasteiger partial charge in [0.15, 0.2) is 0 Å². The average Bonchev–Trinajstić information content (AvgIpc) is 2.79. The molecule has 1 N–H and O–H groups in total. The van der Waals surface area contributed by atoms with Crippen molar-refractivity contribution < 1.29 is 14.5 Å². The van der Waals surface area contributed by atoms with Crippen LogP contribution in [0.25, 0.3) is 22.2 Å². The zero-order valence-electron chi connectivity index (χ0n) is 16.7. The van der Waals surface area contributed by atoms with Crippen molar-refractivity contribution >= 4 is 28.2 Å². The predicted molar refractivity (Wildman–Crippen MR) is 119 cm³/mol. The number of fused-ring (bicyclic) bond motifs is 1. The van der Waals surface area contributed by atoms with Crippen LogP contribution in [-0.4, -0.2) is 22.4 Å². The van der Waals surface area contributed by atoms with Gasteiger partial charge in [-0.1, -0.05) is 30.3 Å². The summed E-state index contributed by atoms with van der Waals surface area (Å²) in [5.41, 5.74) is 2.97. The SMILES string of the molecule is CCOc1ccccc1-c1cc(C(=O)Nc2ccc([N+](=O)[O-])cc2)c2ccccc2n1. The molecule has 0 atom stereocenters. The van der Waals surface area contributed by atoms with Gasteiger partial charge in [0.1, 0.15) is 5.75 Å². The van der Waals surface area contributed by atoms with Crippen LogP contribution in [0.5, 0.6) is 5.75 Å². The van der Waals surface area contributed by atoms with Crippen molar-refractivity contribution in [3.63, 3.8) is 0 Å². The van der Waals surface area contributed by atoms with E-state index in [1.165, 1.54) is 24.3 Å². The summed E-state index contributed by atoms with van der Waals surface area (Å²) in [6.07, 6.45) is 0. The molecule has 0 aliphatic carbocycles. The summed E-state index contributed by atoms with van der Waals surface area (Å²) in [7, 11) is 0. The van der Waals surface area contributed by atoms with Crippen molar-refractivity contribution in [2.24, 2.45) is 0 Å². The van der Waals surface area contributed by atoms with E-state index in [1.807, 2.05) is 55.5 Å². The van der Waals surface area contributed by atoms with E-state index >= 15 is 0 Å². The molecule has 4 aromatic rings. The number of non-ortho nitro benzene ring substituents is 1. The van der Waals surface area contributed by atoms with Crippen LogP contribution in [0.4, 0.5) is 11.4 Å². The Kier molecular flexibility index (Phi) is 5.57. The van der Waals surface area contributed by atoms with Crippen molar-refractivity contribution in [2.75, 3.05) is 11.9 Å². The molecule has 154 valence electrons. The third-order valence-corrected chi connectivity index (χ3v) is 4.76. The van der Waals surface area contributed by atoms with Crippen molar-refractivity contribution in [2.45, 2.75) is 6.92 Å². The van der Waals surface area contributed by atoms with E-state index in [9.17, 15) is 14.9 Å². The van der Waals surface area contributed by atoms with Gasteiger partial charge in [0.25, 0.3) is 11.6 Å². The van der Waals surface area contributed by atoms with Crippen molar-refractivity contribution in [1.29, 1.82) is 0 Å². The highest BCUT2D eigenvalue weighted by Gasteiger charge is 2.16. The topological polar surface area (TPSA) is 94.4 Å². The number of nitrogens with one attached hydrogen (secondary N) is 1. The molecule has 1 amide bonds. The van der Waals surface area contributed by atoms with Crippen LogP contribution < -0.4 is 10.1 Å². The number of aromatic nitrogens is 1. The third kappa shape index (κ3) is 4.20. The molecule has 3 aromatic carbocycles. The Hall–Kier alpha value is -4.26. The van der Waals surface area contributed by atoms with Crippen molar-refractivity contribution in [1.82, 2.24) is 4.98 Å². The van der Waals surface area contributed by atoms with Crippen molar-refractivity contribution in [3.05, 3.63) is 94.5 Å². The van der Waals surface area contributed by atoms with Crippen molar-refractivity contribution in [3.8, 4) is 17.0 Å². The molecular weight excluding hydrogens is 394 g/mol. The highest BCUT2D eigenvalue weighted by Crippen LogP contribution is 2.32. The summed E-state index contributed by atoms with van der Waals surface area (Å²) in [6, 6.07) is 22.4. The maximum absolute atomic E-state index is 13.1. The quantitative estimate of drug-likeness (QED) is 0.334. The summed E-state index contributed by atoms with van der Waals surface area (Å²) >= 11 is 0. The number of amides is 1. The number of carbonyl (C=O) groups is 1. The van der Waals surface area contributed by atoms with Crippen LogP contribution in [0, 0.1) is 10.1 Å². The number of rotatable bonds is 6. The molecule has 0 spiro atoms. The van der Waals surface area contributed by atoms with Crippen LogP contribution in [-0.2, 0) is 0 Å². The number of nitro benzene ring substituents is 1. The number of ether oxygens (including phenoxy) is 1. The summed E-state index contributed by atoms with van der Waals surface area (Å²) < 4.78 is 5.73. The minimum absolute atomic E-state index is 0.0397. The summed E-state index contributed by atoms with van der Waals surface area (Å²) in [5.74, 6) is 0.358. The molecule has 31 heavy (non-hydrogen) atoms. The normalized spacial score (nSPS) is 10.6. The largest absolute Gasteiger partial charge is 0.493 e. The lowest BCUT2D eigenvalue weighted by molar-refractivity contribution is -0.384. The van der Waals surface area contributed by atoms with Crippen LogP contribution in [0.15, 0.2) is 78.9 Å². The lowest BCUT2D eigenvalue weighted by atomic mass is 10.0. The third-order valence-electron chi connectivity index (χ3n) is 4.76. The molecule has 0 fully saturated rings. The molecule has 7 nitrogen and oxygen atoms in total. The van der Waals surface area contributed by atoms with E-state index in [-0.39, 0.29) is 11.6 Å². The number of nitro groups is 1. The summed E-state index contributed by atoms with van der Waals surface area (Å²) in [4.78, 5) is 28.2. The smallest absolute Gasteiger partial charge is 0.269 e. The molecule has 0 saturated carbocycles. The molecule has 0 saturated heterocycles. The molecule has 0 radical (unpaired) electrons. The number of hydrogen-bond acceptors (Lipinski definition) is 5. The first kappa shape index (κ1) is 20.0. The maximum atomic E-state index is 13.1. The lowest BCUT2D eigenvalue weighted by Crippen LogP contribution is -2.13. The Morgan fingerprint density at radius 3 is 2.48 bits per heavy atom. The minimum atomic E-state index is -0.482. The van der Waals surface area contributed by atoms with Gasteiger partial charge >= 0.3 is 0 Å². The van der Waals surface area contributed by atoms with Crippen LogP contribution in [0.3, 0.4) is 0 Å². The van der Waals surface area contributed by atoms with Gasteiger partial charge in [-0.3, -0.25) is 14.9 Å². The van der Waals surface area contributed by atoms with Gasteiger partial charge in [-0.15, -0.1) is 0 Å². The number of anilines is 1. The molecule has 1 heterocycles. The van der Waals surface area contributed by atoms with Gasteiger partial charge in [0.2, 0.25) is 0 Å². The fourth-order valence-electron chi connectivity index (χ4n) is 3.33. The van der Waals surface area contributed by atoms with Gasteiger partial charge < -0.3 is 10.1 Å². The molecule has 0 bridgehead atoms. The molecule has 0 aliphatic heterocycles. The van der Waals surface area contributed by atoms with Gasteiger partial charge in [0, 0.05) is 28.8 Å². The Morgan fingerprint density at radius 1 is 1.03 bits per heavy atom. The fourth-order valence-corrected chi connectivity index (χ4v) is 3.33. The molecular formula is C24H19N3O4. The Labute approximate surface area is 178 Å². The Morgan fingerprint density at radius 2 is 1.74 bits per heavy atom. The number of benzene rings is 3. The minimum Gasteiger partial charge on any atom is -0.493 e. The van der Waals surface area contributed by atoms with E-state index in [1.54, 1.807) is 6.07 Å². The standard InChI is InChI=1S/C24H19N3O4/c1-2-31-23-10-6-4-8-19(23)22-15-20(18-7-3-5-9-21(18)26-22)24(28)25-16-11-13-17(14-12-16)27(29)30/h3-15H,2H2,1H3,(H,25,28). The Bertz CT molecular complexity index is 1270. The van der Waals surface area contributed by atoms with Crippen LogP contribution >= 0.6 is 0 Å². The van der Waals surface area contributed by atoms with E-state index < -0.39 is 4.92 Å². The lowest BCUT2D eigenvalue weighted by Gasteiger charge is -2.13. The van der Waals surface area contributed by atoms with E-state index in [0.717, 1.165) is 5.56 Å². The number of hydrogen-bond donors (Lipinski definition) is 1. The first-order valence-corrected chi connectivity index (χ1v) is 9.74. The number of carbonyl (C=O) groups excluding carboxylic acids is 1. The molecule has 1 aromatic heterocycles. The second-order valence-corrected chi connectivity index (χ2v) is 6.76. The van der Waals surface area contributed by atoms with E-state index in [2.05, 4.69) is 5.32 Å². The maximum Gasteiger partial charge on any atom is 0.269 e. The second kappa shape index (κ2) is 8.62.